The van der Waals surface area contributed by atoms with Gasteiger partial charge in [-0.2, -0.15) is 4.98 Å². The average molecular weight is 237 g/mol. The Hall–Kier alpha value is -1.69. The summed E-state index contributed by atoms with van der Waals surface area (Å²) < 4.78 is 0. The molecule has 0 fully saturated rings. The minimum absolute atomic E-state index is 0.198. The van der Waals surface area contributed by atoms with E-state index in [2.05, 4.69) is 15.0 Å². The molecule has 0 saturated carbocycles. The summed E-state index contributed by atoms with van der Waals surface area (Å²) in [6.07, 6.45) is 2.93. The third-order valence-corrected chi connectivity index (χ3v) is 2.91. The van der Waals surface area contributed by atoms with E-state index in [-0.39, 0.29) is 11.4 Å². The summed E-state index contributed by atoms with van der Waals surface area (Å²) in [5.74, 6) is 0.119. The molecule has 6 heteroatoms. The molecule has 0 aromatic carbocycles. The van der Waals surface area contributed by atoms with Crippen LogP contribution in [-0.4, -0.2) is 20.1 Å². The fourth-order valence-electron chi connectivity index (χ4n) is 1.40. The van der Waals surface area contributed by atoms with Crippen LogP contribution in [0.25, 0.3) is 10.8 Å². The summed E-state index contributed by atoms with van der Waals surface area (Å²) >= 11 is 1.36. The monoisotopic (exact) mass is 237 g/mol. The zero-order chi connectivity index (χ0) is 11.5. The number of aromatic nitrogens is 3. The van der Waals surface area contributed by atoms with E-state index in [0.717, 1.165) is 6.42 Å². The number of aromatic amines is 1. The number of hydrogen-bond acceptors (Lipinski definition) is 5. The highest BCUT2D eigenvalue weighted by Crippen LogP contribution is 2.19. The lowest BCUT2D eigenvalue weighted by molar-refractivity contribution is 0.443. The lowest BCUT2D eigenvalue weighted by atomic mass is 10.2. The molecular weight excluding hydrogens is 226 g/mol. The van der Waals surface area contributed by atoms with Crippen molar-refractivity contribution in [2.45, 2.75) is 19.8 Å². The van der Waals surface area contributed by atoms with E-state index >= 15 is 0 Å². The smallest absolute Gasteiger partial charge is 0.258 e. The van der Waals surface area contributed by atoms with Gasteiger partial charge in [0, 0.05) is 11.6 Å². The van der Waals surface area contributed by atoms with Crippen LogP contribution in [-0.2, 0) is 6.42 Å². The van der Waals surface area contributed by atoms with Crippen molar-refractivity contribution in [2.24, 2.45) is 0 Å². The zero-order valence-corrected chi connectivity index (χ0v) is 9.54. The number of nitrogens with one attached hydrogen (secondary N) is 1. The Balaban J connectivity index is 2.49. The second-order valence-corrected chi connectivity index (χ2v) is 4.20. The summed E-state index contributed by atoms with van der Waals surface area (Å²) in [7, 11) is 0. The SMILES string of the molecule is CCCc1c(O)nc(-c2nccs2)[nH]c1=O. The van der Waals surface area contributed by atoms with Crippen molar-refractivity contribution < 1.29 is 5.11 Å². The maximum absolute atomic E-state index is 11.7. The van der Waals surface area contributed by atoms with Crippen molar-refractivity contribution in [2.75, 3.05) is 0 Å². The van der Waals surface area contributed by atoms with Crippen LogP contribution in [0.5, 0.6) is 5.88 Å². The van der Waals surface area contributed by atoms with E-state index in [1.807, 2.05) is 6.92 Å². The first-order chi connectivity index (χ1) is 7.72. The number of nitrogens with zero attached hydrogens (tertiary/aromatic N) is 2. The number of hydrogen-bond donors (Lipinski definition) is 2. The Morgan fingerprint density at radius 1 is 1.56 bits per heavy atom. The van der Waals surface area contributed by atoms with E-state index < -0.39 is 0 Å². The first-order valence-corrected chi connectivity index (χ1v) is 5.82. The third-order valence-electron chi connectivity index (χ3n) is 2.13. The highest BCUT2D eigenvalue weighted by Gasteiger charge is 2.11. The van der Waals surface area contributed by atoms with E-state index in [1.54, 1.807) is 11.6 Å². The van der Waals surface area contributed by atoms with E-state index in [0.29, 0.717) is 22.8 Å². The fraction of sp³-hybridized carbons (Fsp3) is 0.300. The maximum Gasteiger partial charge on any atom is 0.258 e. The standard InChI is InChI=1S/C10H11N3O2S/c1-2-3-6-8(14)12-7(13-9(6)15)10-11-4-5-16-10/h4-5H,2-3H2,1H3,(H2,12,13,14,15). The predicted molar refractivity (Wildman–Crippen MR) is 61.6 cm³/mol. The molecule has 2 N–H and O–H groups in total. The van der Waals surface area contributed by atoms with Crippen LogP contribution in [0.1, 0.15) is 18.9 Å². The molecule has 2 aromatic rings. The molecule has 2 rings (SSSR count). The first kappa shape index (κ1) is 10.8. The second-order valence-electron chi connectivity index (χ2n) is 3.30. The van der Waals surface area contributed by atoms with E-state index in [1.165, 1.54) is 11.3 Å². The number of rotatable bonds is 3. The van der Waals surface area contributed by atoms with Gasteiger partial charge in [0.05, 0.1) is 5.56 Å². The van der Waals surface area contributed by atoms with Crippen LogP contribution in [0, 0.1) is 0 Å². The molecule has 0 bridgehead atoms. The summed E-state index contributed by atoms with van der Waals surface area (Å²) in [4.78, 5) is 22.3. The van der Waals surface area contributed by atoms with Gasteiger partial charge >= 0.3 is 0 Å². The molecule has 0 saturated heterocycles. The highest BCUT2D eigenvalue weighted by molar-refractivity contribution is 7.12. The molecule has 0 unspecified atom stereocenters. The lowest BCUT2D eigenvalue weighted by Gasteiger charge is -2.02. The Kier molecular flexibility index (Phi) is 3.00. The van der Waals surface area contributed by atoms with Gasteiger partial charge in [0.1, 0.15) is 0 Å². The molecule has 16 heavy (non-hydrogen) atoms. The molecule has 0 spiro atoms. The topological polar surface area (TPSA) is 78.9 Å². The average Bonchev–Trinajstić information content (AvgIpc) is 2.76. The molecule has 5 nitrogen and oxygen atoms in total. The van der Waals surface area contributed by atoms with Crippen molar-refractivity contribution >= 4 is 11.3 Å². The summed E-state index contributed by atoms with van der Waals surface area (Å²) in [6.45, 7) is 1.94. The van der Waals surface area contributed by atoms with Gasteiger partial charge < -0.3 is 10.1 Å². The minimum Gasteiger partial charge on any atom is -0.493 e. The largest absolute Gasteiger partial charge is 0.493 e. The molecule has 0 amide bonds. The van der Waals surface area contributed by atoms with E-state index in [9.17, 15) is 9.90 Å². The molecule has 0 radical (unpaired) electrons. The Labute approximate surface area is 95.8 Å². The van der Waals surface area contributed by atoms with Gasteiger partial charge in [-0.25, -0.2) is 4.98 Å². The molecule has 84 valence electrons. The molecule has 2 aromatic heterocycles. The summed E-state index contributed by atoms with van der Waals surface area (Å²) in [6, 6.07) is 0. The molecule has 0 aliphatic heterocycles. The Morgan fingerprint density at radius 3 is 2.94 bits per heavy atom. The van der Waals surface area contributed by atoms with Crippen LogP contribution in [0.2, 0.25) is 0 Å². The third kappa shape index (κ3) is 1.96. The zero-order valence-electron chi connectivity index (χ0n) is 8.73. The van der Waals surface area contributed by atoms with Crippen LogP contribution < -0.4 is 5.56 Å². The minimum atomic E-state index is -0.292. The van der Waals surface area contributed by atoms with Crippen LogP contribution in [0.4, 0.5) is 0 Å². The number of H-pyrrole nitrogens is 1. The molecule has 0 aliphatic carbocycles. The quantitative estimate of drug-likeness (QED) is 0.849. The van der Waals surface area contributed by atoms with Crippen molar-refractivity contribution in [3.63, 3.8) is 0 Å². The van der Waals surface area contributed by atoms with Gasteiger partial charge in [-0.05, 0) is 6.42 Å². The fourth-order valence-corrected chi connectivity index (χ4v) is 1.98. The Bertz CT molecular complexity index is 533. The number of aromatic hydroxyl groups is 1. The molecule has 2 heterocycles. The first-order valence-electron chi connectivity index (χ1n) is 4.94. The van der Waals surface area contributed by atoms with Crippen LogP contribution >= 0.6 is 11.3 Å². The van der Waals surface area contributed by atoms with Crippen molar-refractivity contribution in [1.29, 1.82) is 0 Å². The second kappa shape index (κ2) is 4.44. The van der Waals surface area contributed by atoms with Gasteiger partial charge in [0.2, 0.25) is 5.88 Å². The van der Waals surface area contributed by atoms with Gasteiger partial charge in [0.15, 0.2) is 10.8 Å². The molecule has 0 atom stereocenters. The highest BCUT2D eigenvalue weighted by atomic mass is 32.1. The van der Waals surface area contributed by atoms with Crippen molar-refractivity contribution in [3.05, 3.63) is 27.5 Å². The van der Waals surface area contributed by atoms with Crippen molar-refractivity contribution in [1.82, 2.24) is 15.0 Å². The maximum atomic E-state index is 11.7. The van der Waals surface area contributed by atoms with Crippen LogP contribution in [0.3, 0.4) is 0 Å². The predicted octanol–water partition coefficient (Wildman–Crippen LogP) is 1.55. The van der Waals surface area contributed by atoms with Gasteiger partial charge in [0.25, 0.3) is 5.56 Å². The van der Waals surface area contributed by atoms with Gasteiger partial charge in [-0.3, -0.25) is 4.79 Å². The van der Waals surface area contributed by atoms with Crippen molar-refractivity contribution in [3.8, 4) is 16.7 Å². The lowest BCUT2D eigenvalue weighted by Crippen LogP contribution is -2.15. The van der Waals surface area contributed by atoms with Crippen LogP contribution in [0.15, 0.2) is 16.4 Å². The normalized spacial score (nSPS) is 10.6. The molecular formula is C10H11N3O2S. The van der Waals surface area contributed by atoms with Gasteiger partial charge in [-0.15, -0.1) is 11.3 Å². The number of thiazole rings is 1. The summed E-state index contributed by atoms with van der Waals surface area (Å²) in [5.41, 5.74) is 0.0438. The van der Waals surface area contributed by atoms with E-state index in [4.69, 9.17) is 0 Å². The van der Waals surface area contributed by atoms with Gasteiger partial charge in [-0.1, -0.05) is 13.3 Å². The Morgan fingerprint density at radius 2 is 2.38 bits per heavy atom. The molecule has 0 aliphatic rings. The summed E-state index contributed by atoms with van der Waals surface area (Å²) in [5, 5.41) is 12.0.